The molecule has 1 saturated carbocycles. The summed E-state index contributed by atoms with van der Waals surface area (Å²) < 4.78 is 7.06. The van der Waals surface area contributed by atoms with E-state index in [1.807, 2.05) is 36.4 Å². The molecule has 5 nitrogen and oxygen atoms in total. The highest BCUT2D eigenvalue weighted by Gasteiger charge is 2.18. The molecule has 1 heterocycles. The lowest BCUT2D eigenvalue weighted by Crippen LogP contribution is -2.36. The summed E-state index contributed by atoms with van der Waals surface area (Å²) in [6, 6.07) is 11.6. The Morgan fingerprint density at radius 2 is 1.88 bits per heavy atom. The van der Waals surface area contributed by atoms with Crippen molar-refractivity contribution in [3.05, 3.63) is 58.2 Å². The summed E-state index contributed by atoms with van der Waals surface area (Å²) in [7, 11) is 0. The lowest BCUT2D eigenvalue weighted by molar-refractivity contribution is 0.198. The third-order valence-electron chi connectivity index (χ3n) is 4.51. The number of aromatic nitrogens is 1. The molecular formula is C20H24BrN3O2. The van der Waals surface area contributed by atoms with Crippen molar-refractivity contribution in [2.24, 2.45) is 0 Å². The van der Waals surface area contributed by atoms with Crippen molar-refractivity contribution < 1.29 is 9.53 Å². The summed E-state index contributed by atoms with van der Waals surface area (Å²) in [5, 5.41) is 5.77. The van der Waals surface area contributed by atoms with Gasteiger partial charge in [0.25, 0.3) is 0 Å². The fourth-order valence-corrected chi connectivity index (χ4v) is 3.56. The van der Waals surface area contributed by atoms with Crippen molar-refractivity contribution in [2.75, 3.05) is 6.54 Å². The fraction of sp³-hybridized carbons (Fsp3) is 0.400. The zero-order valence-electron chi connectivity index (χ0n) is 14.7. The first kappa shape index (κ1) is 18.7. The van der Waals surface area contributed by atoms with Gasteiger partial charge in [-0.1, -0.05) is 40.2 Å². The van der Waals surface area contributed by atoms with Crippen LogP contribution in [0.3, 0.4) is 0 Å². The molecule has 26 heavy (non-hydrogen) atoms. The van der Waals surface area contributed by atoms with E-state index in [1.54, 1.807) is 6.20 Å². The Morgan fingerprint density at radius 3 is 2.69 bits per heavy atom. The van der Waals surface area contributed by atoms with E-state index in [2.05, 4.69) is 31.5 Å². The van der Waals surface area contributed by atoms with Crippen LogP contribution in [-0.4, -0.2) is 23.7 Å². The van der Waals surface area contributed by atoms with Crippen LogP contribution >= 0.6 is 15.9 Å². The van der Waals surface area contributed by atoms with Gasteiger partial charge in [-0.05, 0) is 49.8 Å². The Morgan fingerprint density at radius 1 is 1.12 bits per heavy atom. The maximum Gasteiger partial charge on any atom is 0.315 e. The number of pyridine rings is 1. The molecule has 1 aromatic carbocycles. The Labute approximate surface area is 162 Å². The number of halogens is 1. The minimum absolute atomic E-state index is 0.187. The molecule has 0 aliphatic heterocycles. The van der Waals surface area contributed by atoms with Crippen LogP contribution in [0.25, 0.3) is 0 Å². The molecule has 2 N–H and O–H groups in total. The Bertz CT molecular complexity index is 733. The molecule has 0 bridgehead atoms. The topological polar surface area (TPSA) is 63.2 Å². The third-order valence-corrected chi connectivity index (χ3v) is 5.28. The van der Waals surface area contributed by atoms with Gasteiger partial charge in [0.15, 0.2) is 0 Å². The van der Waals surface area contributed by atoms with Crippen molar-refractivity contribution in [3.8, 4) is 5.88 Å². The molecule has 1 aromatic heterocycles. The van der Waals surface area contributed by atoms with Crippen molar-refractivity contribution >= 4 is 22.0 Å². The van der Waals surface area contributed by atoms with E-state index in [4.69, 9.17) is 4.74 Å². The normalized spacial score (nSPS) is 14.2. The summed E-state index contributed by atoms with van der Waals surface area (Å²) in [4.78, 5) is 16.4. The predicted octanol–water partition coefficient (Wildman–Crippen LogP) is 4.21. The van der Waals surface area contributed by atoms with E-state index in [0.717, 1.165) is 29.3 Å². The summed E-state index contributed by atoms with van der Waals surface area (Å²) in [5.74, 6) is 0.632. The molecule has 0 saturated heterocycles. The minimum Gasteiger partial charge on any atom is -0.474 e. The van der Waals surface area contributed by atoms with Crippen molar-refractivity contribution in [2.45, 2.75) is 44.8 Å². The highest BCUT2D eigenvalue weighted by Crippen LogP contribution is 2.24. The van der Waals surface area contributed by atoms with Crippen LogP contribution < -0.4 is 15.4 Å². The highest BCUT2D eigenvalue weighted by molar-refractivity contribution is 9.10. The highest BCUT2D eigenvalue weighted by atomic mass is 79.9. The van der Waals surface area contributed by atoms with Gasteiger partial charge in [-0.3, -0.25) is 0 Å². The Balaban J connectivity index is 1.45. The number of nitrogens with one attached hydrogen (secondary N) is 2. The minimum atomic E-state index is -0.187. The molecule has 6 heteroatoms. The van der Waals surface area contributed by atoms with Gasteiger partial charge in [-0.25, -0.2) is 9.78 Å². The van der Waals surface area contributed by atoms with Crippen LogP contribution in [0.5, 0.6) is 5.88 Å². The van der Waals surface area contributed by atoms with E-state index in [-0.39, 0.29) is 12.1 Å². The molecule has 2 aromatic rings. The molecule has 1 fully saturated rings. The van der Waals surface area contributed by atoms with Crippen molar-refractivity contribution in [1.82, 2.24) is 15.6 Å². The molecule has 0 atom stereocenters. The third kappa shape index (κ3) is 5.46. The average molecular weight is 418 g/mol. The number of benzene rings is 1. The zero-order chi connectivity index (χ0) is 18.2. The second kappa shape index (κ2) is 9.57. The number of amides is 2. The van der Waals surface area contributed by atoms with Gasteiger partial charge in [-0.15, -0.1) is 0 Å². The molecule has 0 spiro atoms. The number of hydrogen-bond donors (Lipinski definition) is 2. The van der Waals surface area contributed by atoms with Gasteiger partial charge in [0.1, 0.15) is 6.10 Å². The van der Waals surface area contributed by atoms with Crippen molar-refractivity contribution in [3.63, 3.8) is 0 Å². The first-order valence-corrected chi connectivity index (χ1v) is 9.87. The number of hydrogen-bond acceptors (Lipinski definition) is 3. The molecule has 138 valence electrons. The van der Waals surface area contributed by atoms with E-state index < -0.39 is 0 Å². The van der Waals surface area contributed by atoms with Gasteiger partial charge < -0.3 is 15.4 Å². The first-order chi connectivity index (χ1) is 12.7. The molecule has 0 unspecified atom stereocenters. The summed E-state index contributed by atoms with van der Waals surface area (Å²) in [6.45, 7) is 0.976. The molecule has 3 rings (SSSR count). The van der Waals surface area contributed by atoms with Crippen LogP contribution in [0, 0.1) is 0 Å². The van der Waals surface area contributed by atoms with Crippen LogP contribution in [0.4, 0.5) is 4.79 Å². The quantitative estimate of drug-likeness (QED) is 0.708. The SMILES string of the molecule is O=C(NCCc1ccccc1Br)NCc1cccnc1OC1CCCC1. The second-order valence-corrected chi connectivity index (χ2v) is 7.30. The van der Waals surface area contributed by atoms with Gasteiger partial charge in [0.2, 0.25) is 5.88 Å². The van der Waals surface area contributed by atoms with Crippen LogP contribution in [0.2, 0.25) is 0 Å². The number of nitrogens with zero attached hydrogens (tertiary/aromatic N) is 1. The van der Waals surface area contributed by atoms with Crippen molar-refractivity contribution in [1.29, 1.82) is 0 Å². The molecule has 2 amide bonds. The van der Waals surface area contributed by atoms with Crippen LogP contribution in [-0.2, 0) is 13.0 Å². The largest absolute Gasteiger partial charge is 0.474 e. The number of ether oxygens (including phenoxy) is 1. The van der Waals surface area contributed by atoms with Gasteiger partial charge >= 0.3 is 6.03 Å². The molecular weight excluding hydrogens is 394 g/mol. The van der Waals surface area contributed by atoms with Crippen LogP contribution in [0.1, 0.15) is 36.8 Å². The average Bonchev–Trinajstić information content (AvgIpc) is 3.16. The molecule has 1 aliphatic carbocycles. The van der Waals surface area contributed by atoms with Crippen LogP contribution in [0.15, 0.2) is 47.1 Å². The van der Waals surface area contributed by atoms with E-state index >= 15 is 0 Å². The lowest BCUT2D eigenvalue weighted by atomic mass is 10.1. The standard InChI is InChI=1S/C20H24BrN3O2/c21-18-10-4-1-6-15(18)11-13-23-20(25)24-14-16-7-5-12-22-19(16)26-17-8-2-3-9-17/h1,4-7,10,12,17H,2-3,8-9,11,13-14H2,(H2,23,24,25). The number of carbonyl (C=O) groups is 1. The predicted molar refractivity (Wildman–Crippen MR) is 105 cm³/mol. The number of rotatable bonds is 7. The van der Waals surface area contributed by atoms with Gasteiger partial charge in [-0.2, -0.15) is 0 Å². The zero-order valence-corrected chi connectivity index (χ0v) is 16.3. The summed E-state index contributed by atoms with van der Waals surface area (Å²) >= 11 is 3.52. The summed E-state index contributed by atoms with van der Waals surface area (Å²) in [5.41, 5.74) is 2.08. The van der Waals surface area contributed by atoms with Gasteiger partial charge in [0, 0.05) is 29.3 Å². The van der Waals surface area contributed by atoms with Gasteiger partial charge in [0.05, 0.1) is 0 Å². The number of urea groups is 1. The lowest BCUT2D eigenvalue weighted by Gasteiger charge is -2.15. The monoisotopic (exact) mass is 417 g/mol. The maximum absolute atomic E-state index is 12.1. The maximum atomic E-state index is 12.1. The second-order valence-electron chi connectivity index (χ2n) is 6.44. The Kier molecular flexibility index (Phi) is 6.89. The summed E-state index contributed by atoms with van der Waals surface area (Å²) in [6.07, 6.45) is 7.35. The molecule has 1 aliphatic rings. The van der Waals surface area contributed by atoms with E-state index in [0.29, 0.717) is 19.0 Å². The smallest absolute Gasteiger partial charge is 0.315 e. The van der Waals surface area contributed by atoms with E-state index in [1.165, 1.54) is 18.4 Å². The fourth-order valence-electron chi connectivity index (χ4n) is 3.08. The Hall–Kier alpha value is -2.08. The molecule has 0 radical (unpaired) electrons. The number of carbonyl (C=O) groups excluding carboxylic acids is 1. The van der Waals surface area contributed by atoms with E-state index in [9.17, 15) is 4.79 Å². The first-order valence-electron chi connectivity index (χ1n) is 9.08.